The number of hydrogen-bond donors (Lipinski definition) is 1. The first-order valence-corrected chi connectivity index (χ1v) is 7.28. The van der Waals surface area contributed by atoms with Crippen LogP contribution >= 0.6 is 0 Å². The van der Waals surface area contributed by atoms with Crippen LogP contribution in [0.2, 0.25) is 0 Å². The van der Waals surface area contributed by atoms with E-state index in [1.54, 1.807) is 0 Å². The van der Waals surface area contributed by atoms with Gasteiger partial charge in [0, 0.05) is 0 Å². The lowest BCUT2D eigenvalue weighted by atomic mass is 9.70. The highest BCUT2D eigenvalue weighted by atomic mass is 16.7. The Kier molecular flexibility index (Phi) is 2.97. The maximum atomic E-state index is 10.0. The van der Waals surface area contributed by atoms with E-state index < -0.39 is 0 Å². The van der Waals surface area contributed by atoms with Crippen molar-refractivity contribution in [2.45, 2.75) is 70.7 Å². The van der Waals surface area contributed by atoms with Gasteiger partial charge in [-0.25, -0.2) is 0 Å². The SMILES string of the molecule is CC1(C)OB(C2=CCCC3=C2CCC3O)OC1(C)C. The first kappa shape index (κ1) is 13.4. The van der Waals surface area contributed by atoms with Crippen molar-refractivity contribution in [1.82, 2.24) is 0 Å². The van der Waals surface area contributed by atoms with Crippen molar-refractivity contribution in [3.8, 4) is 0 Å². The van der Waals surface area contributed by atoms with Gasteiger partial charge < -0.3 is 14.4 Å². The fraction of sp³-hybridized carbons (Fsp3) is 0.733. The molecule has 1 heterocycles. The third-order valence-electron chi connectivity index (χ3n) is 5.09. The molecule has 3 nitrogen and oxygen atoms in total. The topological polar surface area (TPSA) is 38.7 Å². The molecule has 4 heteroatoms. The molecule has 0 saturated carbocycles. The van der Waals surface area contributed by atoms with Crippen LogP contribution in [0.25, 0.3) is 0 Å². The monoisotopic (exact) mass is 262 g/mol. The Morgan fingerprint density at radius 2 is 1.79 bits per heavy atom. The summed E-state index contributed by atoms with van der Waals surface area (Å²) in [5, 5.41) is 10.0. The van der Waals surface area contributed by atoms with E-state index in [4.69, 9.17) is 9.31 Å². The van der Waals surface area contributed by atoms with Gasteiger partial charge in [0.15, 0.2) is 0 Å². The highest BCUT2D eigenvalue weighted by molar-refractivity contribution is 6.56. The summed E-state index contributed by atoms with van der Waals surface area (Å²) in [6.07, 6.45) is 5.75. The van der Waals surface area contributed by atoms with Crippen LogP contribution in [0, 0.1) is 0 Å². The normalized spacial score (nSPS) is 32.6. The quantitative estimate of drug-likeness (QED) is 0.738. The van der Waals surface area contributed by atoms with Crippen molar-refractivity contribution in [2.75, 3.05) is 0 Å². The molecule has 1 atom stereocenters. The summed E-state index contributed by atoms with van der Waals surface area (Å²) < 4.78 is 12.3. The van der Waals surface area contributed by atoms with E-state index >= 15 is 0 Å². The summed E-state index contributed by atoms with van der Waals surface area (Å²) in [7, 11) is -0.277. The van der Waals surface area contributed by atoms with Crippen molar-refractivity contribution < 1.29 is 14.4 Å². The van der Waals surface area contributed by atoms with E-state index in [0.717, 1.165) is 31.2 Å². The Hall–Kier alpha value is -0.575. The van der Waals surface area contributed by atoms with E-state index in [9.17, 15) is 5.11 Å². The zero-order valence-electron chi connectivity index (χ0n) is 12.3. The van der Waals surface area contributed by atoms with Crippen LogP contribution in [-0.2, 0) is 9.31 Å². The molecule has 19 heavy (non-hydrogen) atoms. The highest BCUT2D eigenvalue weighted by Gasteiger charge is 2.53. The molecular formula is C15H23BO3. The lowest BCUT2D eigenvalue weighted by Crippen LogP contribution is -2.41. The van der Waals surface area contributed by atoms with Crippen LogP contribution in [0.5, 0.6) is 0 Å². The fourth-order valence-electron chi connectivity index (χ4n) is 3.18. The molecule has 0 amide bonds. The van der Waals surface area contributed by atoms with Crippen molar-refractivity contribution >= 4 is 7.12 Å². The van der Waals surface area contributed by atoms with Gasteiger partial charge in [-0.2, -0.15) is 0 Å². The lowest BCUT2D eigenvalue weighted by Gasteiger charge is -2.32. The third kappa shape index (κ3) is 2.01. The Morgan fingerprint density at radius 1 is 1.16 bits per heavy atom. The minimum atomic E-state index is -0.298. The second-order valence-electron chi connectivity index (χ2n) is 6.84. The fourth-order valence-corrected chi connectivity index (χ4v) is 3.18. The molecule has 104 valence electrons. The zero-order valence-corrected chi connectivity index (χ0v) is 12.3. The van der Waals surface area contributed by atoms with Gasteiger partial charge in [0.1, 0.15) is 0 Å². The van der Waals surface area contributed by atoms with E-state index in [0.29, 0.717) is 0 Å². The van der Waals surface area contributed by atoms with Crippen LogP contribution in [-0.4, -0.2) is 29.5 Å². The summed E-state index contributed by atoms with van der Waals surface area (Å²) in [5.74, 6) is 0. The minimum absolute atomic E-state index is 0.249. The van der Waals surface area contributed by atoms with Crippen molar-refractivity contribution in [1.29, 1.82) is 0 Å². The van der Waals surface area contributed by atoms with Crippen LogP contribution in [0.3, 0.4) is 0 Å². The van der Waals surface area contributed by atoms with Gasteiger partial charge in [0.25, 0.3) is 0 Å². The molecule has 1 fully saturated rings. The first-order chi connectivity index (χ1) is 8.82. The molecule has 0 aromatic heterocycles. The first-order valence-electron chi connectivity index (χ1n) is 7.28. The maximum absolute atomic E-state index is 10.0. The smallest absolute Gasteiger partial charge is 0.399 e. The Labute approximate surface area is 115 Å². The van der Waals surface area contributed by atoms with Gasteiger partial charge in [0.2, 0.25) is 0 Å². The summed E-state index contributed by atoms with van der Waals surface area (Å²) in [6, 6.07) is 0. The molecule has 0 spiro atoms. The predicted octanol–water partition coefficient (Wildman–Crippen LogP) is 2.79. The van der Waals surface area contributed by atoms with Gasteiger partial charge in [-0.1, -0.05) is 6.08 Å². The van der Waals surface area contributed by atoms with Crippen LogP contribution in [0.15, 0.2) is 22.7 Å². The summed E-state index contributed by atoms with van der Waals surface area (Å²) in [5.41, 5.74) is 3.07. The maximum Gasteiger partial charge on any atom is 0.494 e. The summed E-state index contributed by atoms with van der Waals surface area (Å²) in [4.78, 5) is 0. The Balaban J connectivity index is 1.89. The zero-order chi connectivity index (χ0) is 13.8. The molecule has 1 saturated heterocycles. The third-order valence-corrected chi connectivity index (χ3v) is 5.09. The number of allylic oxidation sites excluding steroid dienone is 3. The molecule has 0 radical (unpaired) electrons. The molecule has 1 N–H and O–H groups in total. The van der Waals surface area contributed by atoms with Crippen molar-refractivity contribution in [2.24, 2.45) is 0 Å². The van der Waals surface area contributed by atoms with Crippen LogP contribution in [0.4, 0.5) is 0 Å². The Morgan fingerprint density at radius 3 is 2.42 bits per heavy atom. The standard InChI is InChI=1S/C15H23BO3/c1-14(2)15(3,4)19-16(18-14)12-7-5-6-11-10(12)8-9-13(11)17/h7,13,17H,5-6,8-9H2,1-4H3. The van der Waals surface area contributed by atoms with Crippen molar-refractivity contribution in [3.05, 3.63) is 22.7 Å². The van der Waals surface area contributed by atoms with Gasteiger partial charge in [-0.15, -0.1) is 0 Å². The molecule has 0 aromatic rings. The van der Waals surface area contributed by atoms with Gasteiger partial charge >= 0.3 is 7.12 Å². The average Bonchev–Trinajstić information content (AvgIpc) is 2.78. The van der Waals surface area contributed by atoms with E-state index in [2.05, 4.69) is 33.8 Å². The second kappa shape index (κ2) is 4.21. The van der Waals surface area contributed by atoms with E-state index in [1.807, 2.05) is 0 Å². The van der Waals surface area contributed by atoms with E-state index in [1.165, 1.54) is 11.1 Å². The molecule has 0 aromatic carbocycles. The number of aliphatic hydroxyl groups excluding tert-OH is 1. The average molecular weight is 262 g/mol. The molecule has 3 rings (SSSR count). The van der Waals surface area contributed by atoms with Crippen molar-refractivity contribution in [3.63, 3.8) is 0 Å². The number of rotatable bonds is 1. The molecule has 1 aliphatic heterocycles. The van der Waals surface area contributed by atoms with Crippen LogP contribution in [0.1, 0.15) is 53.4 Å². The molecular weight excluding hydrogens is 239 g/mol. The van der Waals surface area contributed by atoms with E-state index in [-0.39, 0.29) is 24.4 Å². The molecule has 1 unspecified atom stereocenters. The predicted molar refractivity (Wildman–Crippen MR) is 75.7 cm³/mol. The lowest BCUT2D eigenvalue weighted by molar-refractivity contribution is 0.00578. The second-order valence-corrected chi connectivity index (χ2v) is 6.84. The molecule has 3 aliphatic rings. The van der Waals surface area contributed by atoms with Crippen LogP contribution < -0.4 is 0 Å². The number of hydrogen-bond acceptors (Lipinski definition) is 3. The molecule has 2 aliphatic carbocycles. The highest BCUT2D eigenvalue weighted by Crippen LogP contribution is 2.44. The molecule has 0 bridgehead atoms. The van der Waals surface area contributed by atoms with Gasteiger partial charge in [0.05, 0.1) is 17.3 Å². The Bertz CT molecular complexity index is 446. The van der Waals surface area contributed by atoms with Gasteiger partial charge in [-0.3, -0.25) is 0 Å². The number of aliphatic hydroxyl groups is 1. The summed E-state index contributed by atoms with van der Waals surface area (Å²) >= 11 is 0. The van der Waals surface area contributed by atoms with Gasteiger partial charge in [-0.05, 0) is 70.0 Å². The summed E-state index contributed by atoms with van der Waals surface area (Å²) in [6.45, 7) is 8.31. The largest absolute Gasteiger partial charge is 0.494 e. The minimum Gasteiger partial charge on any atom is -0.399 e.